The van der Waals surface area contributed by atoms with Gasteiger partial charge in [-0.3, -0.25) is 0 Å². The first-order valence-electron chi connectivity index (χ1n) is 5.15. The quantitative estimate of drug-likeness (QED) is 0.804. The number of aliphatic hydroxyl groups is 2. The molecular formula is C11H10BrF3O5. The van der Waals surface area contributed by atoms with Gasteiger partial charge in [0.2, 0.25) is 0 Å². The molecule has 0 aliphatic carbocycles. The second kappa shape index (κ2) is 6.42. The summed E-state index contributed by atoms with van der Waals surface area (Å²) in [4.78, 5) is 11.1. The van der Waals surface area contributed by atoms with Gasteiger partial charge in [-0.05, 0) is 12.1 Å². The van der Waals surface area contributed by atoms with Gasteiger partial charge < -0.3 is 19.7 Å². The molecule has 2 N–H and O–H groups in total. The fraction of sp³-hybridized carbons (Fsp3) is 0.364. The average Bonchev–Trinajstić information content (AvgIpc) is 2.34. The number of hydrogen-bond acceptors (Lipinski definition) is 5. The lowest BCUT2D eigenvalue weighted by Gasteiger charge is -2.20. The molecule has 0 heterocycles. The molecule has 0 amide bonds. The van der Waals surface area contributed by atoms with Gasteiger partial charge in [0.15, 0.2) is 6.10 Å². The Labute approximate surface area is 120 Å². The molecule has 9 heteroatoms. The van der Waals surface area contributed by atoms with Gasteiger partial charge in [-0.1, -0.05) is 22.0 Å². The van der Waals surface area contributed by atoms with Crippen LogP contribution >= 0.6 is 15.9 Å². The smallest absolute Gasteiger partial charge is 0.467 e. The molecule has 0 aliphatic rings. The van der Waals surface area contributed by atoms with E-state index in [0.717, 1.165) is 19.2 Å². The van der Waals surface area contributed by atoms with E-state index in [1.807, 2.05) is 0 Å². The lowest BCUT2D eigenvalue weighted by atomic mass is 10.0. The number of ether oxygens (including phenoxy) is 2. The summed E-state index contributed by atoms with van der Waals surface area (Å²) in [6.07, 6.45) is -8.93. The number of aliphatic hydroxyl groups excluding tert-OH is 2. The molecule has 2 atom stereocenters. The molecular weight excluding hydrogens is 349 g/mol. The molecule has 1 rings (SSSR count). The monoisotopic (exact) mass is 358 g/mol. The minimum absolute atomic E-state index is 0.264. The van der Waals surface area contributed by atoms with Gasteiger partial charge in [-0.2, -0.15) is 0 Å². The maximum absolute atomic E-state index is 12.3. The molecule has 2 unspecified atom stereocenters. The molecule has 20 heavy (non-hydrogen) atoms. The van der Waals surface area contributed by atoms with Gasteiger partial charge in [0.1, 0.15) is 11.9 Å². The van der Waals surface area contributed by atoms with E-state index in [9.17, 15) is 28.2 Å². The Balaban J connectivity index is 3.13. The summed E-state index contributed by atoms with van der Waals surface area (Å²) >= 11 is 2.95. The first-order valence-corrected chi connectivity index (χ1v) is 5.94. The van der Waals surface area contributed by atoms with Gasteiger partial charge in [-0.15, -0.1) is 13.2 Å². The van der Waals surface area contributed by atoms with Crippen LogP contribution in [0.25, 0.3) is 0 Å². The van der Waals surface area contributed by atoms with Crippen molar-refractivity contribution in [2.45, 2.75) is 18.6 Å². The van der Waals surface area contributed by atoms with Crippen LogP contribution in [0.2, 0.25) is 0 Å². The van der Waals surface area contributed by atoms with Crippen molar-refractivity contribution in [2.24, 2.45) is 0 Å². The molecule has 0 saturated carbocycles. The van der Waals surface area contributed by atoms with E-state index in [0.29, 0.717) is 0 Å². The molecule has 0 bridgehead atoms. The fourth-order valence-electron chi connectivity index (χ4n) is 1.39. The van der Waals surface area contributed by atoms with E-state index in [4.69, 9.17) is 0 Å². The van der Waals surface area contributed by atoms with Crippen molar-refractivity contribution in [1.82, 2.24) is 0 Å². The number of halogens is 4. The van der Waals surface area contributed by atoms with Crippen molar-refractivity contribution in [3.63, 3.8) is 0 Å². The molecule has 0 spiro atoms. The third kappa shape index (κ3) is 4.36. The molecule has 5 nitrogen and oxygen atoms in total. The van der Waals surface area contributed by atoms with E-state index < -0.39 is 35.9 Å². The highest BCUT2D eigenvalue weighted by atomic mass is 79.9. The Morgan fingerprint density at radius 1 is 1.35 bits per heavy atom. The van der Waals surface area contributed by atoms with Crippen molar-refractivity contribution in [2.75, 3.05) is 7.11 Å². The van der Waals surface area contributed by atoms with Gasteiger partial charge >= 0.3 is 12.3 Å². The third-order valence-electron chi connectivity index (χ3n) is 2.26. The molecule has 112 valence electrons. The van der Waals surface area contributed by atoms with Crippen LogP contribution in [-0.2, 0) is 9.53 Å². The molecule has 1 aromatic rings. The van der Waals surface area contributed by atoms with E-state index in [-0.39, 0.29) is 4.47 Å². The van der Waals surface area contributed by atoms with Gasteiger partial charge in [0.25, 0.3) is 0 Å². The van der Waals surface area contributed by atoms with E-state index in [1.54, 1.807) is 0 Å². The molecule has 0 fully saturated rings. The standard InChI is InChI=1S/C11H10BrF3O5/c1-19-10(18)9(17)8(16)6-3-2-5(12)4-7(6)20-11(13,14)15/h2-4,8-9,16-17H,1H3. The third-order valence-corrected chi connectivity index (χ3v) is 2.75. The summed E-state index contributed by atoms with van der Waals surface area (Å²) in [5.74, 6) is -1.92. The number of hydrogen-bond donors (Lipinski definition) is 2. The Morgan fingerprint density at radius 3 is 2.45 bits per heavy atom. The van der Waals surface area contributed by atoms with Crippen LogP contribution < -0.4 is 4.74 Å². The van der Waals surface area contributed by atoms with E-state index >= 15 is 0 Å². The average molecular weight is 359 g/mol. The number of esters is 1. The molecule has 1 aromatic carbocycles. The zero-order valence-electron chi connectivity index (χ0n) is 10.0. The van der Waals surface area contributed by atoms with Gasteiger partial charge in [-0.25, -0.2) is 4.79 Å². The fourth-order valence-corrected chi connectivity index (χ4v) is 1.73. The van der Waals surface area contributed by atoms with Crippen LogP contribution in [0.4, 0.5) is 13.2 Å². The Morgan fingerprint density at radius 2 is 1.95 bits per heavy atom. The largest absolute Gasteiger partial charge is 0.573 e. The number of carbonyl (C=O) groups excluding carboxylic acids is 1. The molecule has 0 saturated heterocycles. The maximum Gasteiger partial charge on any atom is 0.573 e. The SMILES string of the molecule is COC(=O)C(O)C(O)c1ccc(Br)cc1OC(F)(F)F. The van der Waals surface area contributed by atoms with Crippen molar-refractivity contribution in [1.29, 1.82) is 0 Å². The van der Waals surface area contributed by atoms with Crippen LogP contribution in [0, 0.1) is 0 Å². The second-order valence-corrected chi connectivity index (χ2v) is 4.56. The summed E-state index contributed by atoms with van der Waals surface area (Å²) in [6.45, 7) is 0. The summed E-state index contributed by atoms with van der Waals surface area (Å²) in [6, 6.07) is 3.36. The predicted molar refractivity (Wildman–Crippen MR) is 63.8 cm³/mol. The molecule has 0 aliphatic heterocycles. The number of methoxy groups -OCH3 is 1. The van der Waals surface area contributed by atoms with Crippen LogP contribution in [0.5, 0.6) is 5.75 Å². The zero-order chi connectivity index (χ0) is 15.5. The summed E-state index contributed by atoms with van der Waals surface area (Å²) < 4.78 is 45.0. The van der Waals surface area contributed by atoms with Crippen molar-refractivity contribution >= 4 is 21.9 Å². The van der Waals surface area contributed by atoms with Gasteiger partial charge in [0.05, 0.1) is 7.11 Å². The highest BCUT2D eigenvalue weighted by molar-refractivity contribution is 9.10. The van der Waals surface area contributed by atoms with Crippen LogP contribution in [0.3, 0.4) is 0 Å². The summed E-state index contributed by atoms with van der Waals surface area (Å²) in [5.41, 5.74) is -0.400. The van der Waals surface area contributed by atoms with Crippen molar-refractivity contribution in [3.8, 4) is 5.75 Å². The number of benzene rings is 1. The number of carbonyl (C=O) groups is 1. The topological polar surface area (TPSA) is 76.0 Å². The highest BCUT2D eigenvalue weighted by Gasteiger charge is 2.35. The minimum Gasteiger partial charge on any atom is -0.467 e. The normalized spacial score (nSPS) is 14.6. The summed E-state index contributed by atoms with van der Waals surface area (Å²) in [5, 5.41) is 19.2. The highest BCUT2D eigenvalue weighted by Crippen LogP contribution is 2.34. The number of rotatable bonds is 4. The molecule has 0 radical (unpaired) electrons. The lowest BCUT2D eigenvalue weighted by Crippen LogP contribution is -2.30. The van der Waals surface area contributed by atoms with Crippen LogP contribution in [0.1, 0.15) is 11.7 Å². The first-order chi connectivity index (χ1) is 9.15. The predicted octanol–water partition coefficient (Wildman–Crippen LogP) is 1.92. The van der Waals surface area contributed by atoms with Crippen LogP contribution in [-0.4, -0.2) is 35.8 Å². The van der Waals surface area contributed by atoms with E-state index in [2.05, 4.69) is 25.4 Å². The summed E-state index contributed by atoms with van der Waals surface area (Å²) in [7, 11) is 0.965. The van der Waals surface area contributed by atoms with Crippen molar-refractivity contribution in [3.05, 3.63) is 28.2 Å². The minimum atomic E-state index is -4.98. The molecule has 0 aromatic heterocycles. The maximum atomic E-state index is 12.3. The first kappa shape index (κ1) is 16.7. The van der Waals surface area contributed by atoms with E-state index in [1.165, 1.54) is 6.07 Å². The van der Waals surface area contributed by atoms with Gasteiger partial charge in [0, 0.05) is 10.0 Å². The lowest BCUT2D eigenvalue weighted by molar-refractivity contribution is -0.275. The van der Waals surface area contributed by atoms with Crippen LogP contribution in [0.15, 0.2) is 22.7 Å². The Bertz CT molecular complexity index is 491. The Hall–Kier alpha value is -1.32. The zero-order valence-corrected chi connectivity index (χ0v) is 11.6. The Kier molecular flexibility index (Phi) is 5.37. The van der Waals surface area contributed by atoms with Crippen molar-refractivity contribution < 1.29 is 37.7 Å². The second-order valence-electron chi connectivity index (χ2n) is 3.64. The number of alkyl halides is 3.